The van der Waals surface area contributed by atoms with Crippen LogP contribution < -0.4 is 5.43 Å². The lowest BCUT2D eigenvalue weighted by molar-refractivity contribution is -0.132. The van der Waals surface area contributed by atoms with E-state index in [-0.39, 0.29) is 5.71 Å². The van der Waals surface area contributed by atoms with Crippen LogP contribution in [-0.4, -0.2) is 18.8 Å². The quantitative estimate of drug-likeness (QED) is 0.518. The van der Waals surface area contributed by atoms with Gasteiger partial charge in [-0.3, -0.25) is 5.43 Å². The number of esters is 1. The SMILES string of the molecule is COC(=O)/C(C)=N\Nc1cc(C)c(C#N)cc1Cl. The highest BCUT2D eigenvalue weighted by Crippen LogP contribution is 2.25. The topological polar surface area (TPSA) is 74.5 Å². The van der Waals surface area contributed by atoms with Gasteiger partial charge in [0.1, 0.15) is 5.71 Å². The summed E-state index contributed by atoms with van der Waals surface area (Å²) in [6, 6.07) is 5.27. The molecule has 0 radical (unpaired) electrons. The van der Waals surface area contributed by atoms with Crippen molar-refractivity contribution in [2.45, 2.75) is 13.8 Å². The number of rotatable bonds is 3. The number of carbonyl (C=O) groups is 1. The molecule has 0 bridgehead atoms. The van der Waals surface area contributed by atoms with Gasteiger partial charge in [-0.25, -0.2) is 4.79 Å². The maximum absolute atomic E-state index is 11.1. The number of anilines is 1. The smallest absolute Gasteiger partial charge is 0.353 e. The Hall–Kier alpha value is -2.06. The minimum Gasteiger partial charge on any atom is -0.464 e. The van der Waals surface area contributed by atoms with Gasteiger partial charge < -0.3 is 4.74 Å². The summed E-state index contributed by atoms with van der Waals surface area (Å²) < 4.78 is 4.51. The number of nitriles is 1. The number of nitrogens with one attached hydrogen (secondary N) is 1. The fourth-order valence-electron chi connectivity index (χ4n) is 1.23. The molecule has 0 aliphatic heterocycles. The van der Waals surface area contributed by atoms with E-state index < -0.39 is 5.97 Å². The van der Waals surface area contributed by atoms with Gasteiger partial charge in [0.2, 0.25) is 0 Å². The van der Waals surface area contributed by atoms with Crippen molar-refractivity contribution in [3.05, 3.63) is 28.3 Å². The van der Waals surface area contributed by atoms with Crippen LogP contribution in [0.2, 0.25) is 5.02 Å². The first-order chi connectivity index (χ1) is 8.49. The fraction of sp³-hybridized carbons (Fsp3) is 0.250. The molecule has 18 heavy (non-hydrogen) atoms. The molecule has 1 N–H and O–H groups in total. The van der Waals surface area contributed by atoms with Gasteiger partial charge in [-0.2, -0.15) is 10.4 Å². The zero-order valence-corrected chi connectivity index (χ0v) is 11.0. The van der Waals surface area contributed by atoms with Gasteiger partial charge in [-0.05, 0) is 31.5 Å². The molecule has 1 aromatic rings. The van der Waals surface area contributed by atoms with Crippen molar-refractivity contribution in [1.29, 1.82) is 5.26 Å². The highest BCUT2D eigenvalue weighted by atomic mass is 35.5. The Bertz CT molecular complexity index is 547. The molecule has 0 atom stereocenters. The lowest BCUT2D eigenvalue weighted by Crippen LogP contribution is -2.13. The van der Waals surface area contributed by atoms with Crippen LogP contribution in [0.25, 0.3) is 0 Å². The Morgan fingerprint density at radius 2 is 2.22 bits per heavy atom. The summed E-state index contributed by atoms with van der Waals surface area (Å²) in [6.07, 6.45) is 0. The van der Waals surface area contributed by atoms with Crippen LogP contribution in [0.15, 0.2) is 17.2 Å². The van der Waals surface area contributed by atoms with Gasteiger partial charge >= 0.3 is 5.97 Å². The number of methoxy groups -OCH3 is 1. The van der Waals surface area contributed by atoms with Crippen molar-refractivity contribution >= 4 is 29.0 Å². The first-order valence-corrected chi connectivity index (χ1v) is 5.46. The average molecular weight is 266 g/mol. The standard InChI is InChI=1S/C12H12ClN3O2/c1-7-4-11(10(13)5-9(7)6-14)16-15-8(2)12(17)18-3/h4-5,16H,1-3H3/b15-8-. The molecule has 0 amide bonds. The van der Waals surface area contributed by atoms with Crippen LogP contribution in [0.4, 0.5) is 5.69 Å². The summed E-state index contributed by atoms with van der Waals surface area (Å²) in [6.45, 7) is 3.31. The molecule has 0 heterocycles. The molecule has 0 aromatic heterocycles. The Balaban J connectivity index is 2.97. The van der Waals surface area contributed by atoms with Gasteiger partial charge in [-0.1, -0.05) is 11.6 Å². The van der Waals surface area contributed by atoms with Crippen molar-refractivity contribution in [2.75, 3.05) is 12.5 Å². The number of hydrogen-bond acceptors (Lipinski definition) is 5. The zero-order valence-electron chi connectivity index (χ0n) is 10.2. The van der Waals surface area contributed by atoms with Gasteiger partial charge in [0.25, 0.3) is 0 Å². The van der Waals surface area contributed by atoms with Crippen LogP contribution in [-0.2, 0) is 9.53 Å². The number of benzene rings is 1. The summed E-state index contributed by atoms with van der Waals surface area (Å²) in [7, 11) is 1.28. The van der Waals surface area contributed by atoms with E-state index in [1.165, 1.54) is 14.0 Å². The molecule has 0 saturated heterocycles. The monoisotopic (exact) mass is 265 g/mol. The lowest BCUT2D eigenvalue weighted by Gasteiger charge is -2.07. The molecule has 0 aliphatic carbocycles. The van der Waals surface area contributed by atoms with Gasteiger partial charge in [0.15, 0.2) is 0 Å². The number of ether oxygens (including phenoxy) is 1. The predicted octanol–water partition coefficient (Wildman–Crippen LogP) is 2.48. The summed E-state index contributed by atoms with van der Waals surface area (Å²) in [4.78, 5) is 11.1. The van der Waals surface area contributed by atoms with E-state index in [9.17, 15) is 4.79 Å². The van der Waals surface area contributed by atoms with Gasteiger partial charge in [0, 0.05) is 0 Å². The normalized spacial score (nSPS) is 10.7. The molecular formula is C12H12ClN3O2. The van der Waals surface area contributed by atoms with E-state index in [0.29, 0.717) is 16.3 Å². The molecule has 1 rings (SSSR count). The summed E-state index contributed by atoms with van der Waals surface area (Å²) >= 11 is 5.98. The summed E-state index contributed by atoms with van der Waals surface area (Å²) in [5.74, 6) is -0.524. The molecule has 5 nitrogen and oxygen atoms in total. The zero-order chi connectivity index (χ0) is 13.7. The third-order valence-corrected chi connectivity index (χ3v) is 2.57. The summed E-state index contributed by atoms with van der Waals surface area (Å²) in [5, 5.41) is 13.0. The number of aryl methyl sites for hydroxylation is 1. The molecule has 0 spiro atoms. The largest absolute Gasteiger partial charge is 0.464 e. The van der Waals surface area contributed by atoms with Crippen molar-refractivity contribution in [3.63, 3.8) is 0 Å². The van der Waals surface area contributed by atoms with Crippen molar-refractivity contribution in [1.82, 2.24) is 0 Å². The number of carbonyl (C=O) groups excluding carboxylic acids is 1. The second-order valence-electron chi connectivity index (χ2n) is 3.56. The fourth-order valence-corrected chi connectivity index (χ4v) is 1.43. The van der Waals surface area contributed by atoms with Crippen molar-refractivity contribution in [2.24, 2.45) is 5.10 Å². The number of nitrogens with zero attached hydrogens (tertiary/aromatic N) is 2. The Morgan fingerprint density at radius 3 is 2.78 bits per heavy atom. The Kier molecular flexibility index (Phi) is 4.69. The van der Waals surface area contributed by atoms with E-state index in [1.807, 2.05) is 6.07 Å². The molecule has 0 aliphatic rings. The Labute approximate surface area is 110 Å². The minimum atomic E-state index is -0.524. The molecule has 94 valence electrons. The molecule has 0 unspecified atom stereocenters. The van der Waals surface area contributed by atoms with Crippen LogP contribution in [0.3, 0.4) is 0 Å². The third kappa shape index (κ3) is 3.22. The van der Waals surface area contributed by atoms with E-state index in [0.717, 1.165) is 5.56 Å². The maximum Gasteiger partial charge on any atom is 0.353 e. The summed E-state index contributed by atoms with van der Waals surface area (Å²) in [5.41, 5.74) is 4.64. The second-order valence-corrected chi connectivity index (χ2v) is 3.97. The highest BCUT2D eigenvalue weighted by Gasteiger charge is 2.07. The van der Waals surface area contributed by atoms with Gasteiger partial charge in [-0.15, -0.1) is 0 Å². The average Bonchev–Trinajstić information content (AvgIpc) is 2.37. The van der Waals surface area contributed by atoms with E-state index in [4.69, 9.17) is 16.9 Å². The van der Waals surface area contributed by atoms with E-state index >= 15 is 0 Å². The van der Waals surface area contributed by atoms with Crippen LogP contribution in [0.1, 0.15) is 18.1 Å². The minimum absolute atomic E-state index is 0.176. The number of hydrogen-bond donors (Lipinski definition) is 1. The maximum atomic E-state index is 11.1. The first-order valence-electron chi connectivity index (χ1n) is 5.08. The molecular weight excluding hydrogens is 254 g/mol. The molecule has 6 heteroatoms. The van der Waals surface area contributed by atoms with Crippen LogP contribution >= 0.6 is 11.6 Å². The molecule has 1 aromatic carbocycles. The second kappa shape index (κ2) is 6.03. The van der Waals surface area contributed by atoms with Crippen LogP contribution in [0, 0.1) is 18.3 Å². The Morgan fingerprint density at radius 1 is 1.56 bits per heavy atom. The number of halogens is 1. The van der Waals surface area contributed by atoms with Crippen LogP contribution in [0.5, 0.6) is 0 Å². The molecule has 0 fully saturated rings. The number of hydrazone groups is 1. The van der Waals surface area contributed by atoms with Crippen molar-refractivity contribution < 1.29 is 9.53 Å². The predicted molar refractivity (Wildman–Crippen MR) is 69.7 cm³/mol. The van der Waals surface area contributed by atoms with E-state index in [2.05, 4.69) is 15.3 Å². The van der Waals surface area contributed by atoms with Gasteiger partial charge in [0.05, 0.1) is 29.5 Å². The van der Waals surface area contributed by atoms with Crippen molar-refractivity contribution in [3.8, 4) is 6.07 Å². The van der Waals surface area contributed by atoms with E-state index in [1.54, 1.807) is 19.1 Å². The first kappa shape index (κ1) is 14.0. The highest BCUT2D eigenvalue weighted by molar-refractivity contribution is 6.36. The molecule has 0 saturated carbocycles. The lowest BCUT2D eigenvalue weighted by atomic mass is 10.1. The third-order valence-electron chi connectivity index (χ3n) is 2.26.